The average molecular weight is 293 g/mol. The van der Waals surface area contributed by atoms with Gasteiger partial charge in [-0.2, -0.15) is 4.98 Å². The van der Waals surface area contributed by atoms with Crippen molar-refractivity contribution >= 4 is 15.8 Å². The minimum atomic E-state index is -3.26. The molecular weight excluding hydrogens is 278 g/mol. The molecule has 1 aromatic heterocycles. The summed E-state index contributed by atoms with van der Waals surface area (Å²) in [6, 6.07) is 7.95. The number of rotatable bonds is 4. The molecule has 7 heteroatoms. The van der Waals surface area contributed by atoms with Crippen molar-refractivity contribution in [3.8, 4) is 11.6 Å². The summed E-state index contributed by atoms with van der Waals surface area (Å²) in [6.45, 7) is 1.82. The van der Waals surface area contributed by atoms with Crippen LogP contribution >= 0.6 is 0 Å². The Balaban J connectivity index is 2.33. The zero-order valence-electron chi connectivity index (χ0n) is 11.4. The average Bonchev–Trinajstić information content (AvgIpc) is 2.37. The van der Waals surface area contributed by atoms with Crippen LogP contribution in [0.5, 0.6) is 11.6 Å². The first-order valence-corrected chi connectivity index (χ1v) is 7.79. The van der Waals surface area contributed by atoms with Crippen LogP contribution in [0.1, 0.15) is 5.69 Å². The first-order valence-electron chi connectivity index (χ1n) is 5.90. The summed E-state index contributed by atoms with van der Waals surface area (Å²) < 4.78 is 28.6. The minimum absolute atomic E-state index is 0.203. The molecule has 0 saturated carbocycles. The molecule has 0 fully saturated rings. The SMILES string of the molecule is CNc1nc(C)cc(Oc2cccc(S(C)(=O)=O)c2)n1. The first-order chi connectivity index (χ1) is 9.38. The van der Waals surface area contributed by atoms with Gasteiger partial charge in [0.05, 0.1) is 4.90 Å². The lowest BCUT2D eigenvalue weighted by Crippen LogP contribution is -2.00. The van der Waals surface area contributed by atoms with E-state index in [0.717, 1.165) is 11.9 Å². The van der Waals surface area contributed by atoms with Gasteiger partial charge in [0.15, 0.2) is 9.84 Å². The Morgan fingerprint density at radius 3 is 2.60 bits per heavy atom. The Morgan fingerprint density at radius 1 is 1.20 bits per heavy atom. The van der Waals surface area contributed by atoms with Gasteiger partial charge >= 0.3 is 0 Å². The standard InChI is InChI=1S/C13H15N3O3S/c1-9-7-12(16-13(14-2)15-9)19-10-5-4-6-11(8-10)20(3,17)18/h4-8H,1-3H3,(H,14,15,16). The molecule has 2 rings (SSSR count). The molecule has 0 unspecified atom stereocenters. The number of benzene rings is 1. The van der Waals surface area contributed by atoms with Crippen LogP contribution < -0.4 is 10.1 Å². The fraction of sp³-hybridized carbons (Fsp3) is 0.231. The van der Waals surface area contributed by atoms with Crippen LogP contribution in [0.15, 0.2) is 35.2 Å². The molecule has 1 aromatic carbocycles. The minimum Gasteiger partial charge on any atom is -0.439 e. The third-order valence-corrected chi connectivity index (χ3v) is 3.62. The molecule has 0 radical (unpaired) electrons. The fourth-order valence-electron chi connectivity index (χ4n) is 1.59. The summed E-state index contributed by atoms with van der Waals surface area (Å²) in [5.41, 5.74) is 0.749. The zero-order chi connectivity index (χ0) is 14.8. The summed E-state index contributed by atoms with van der Waals surface area (Å²) in [5.74, 6) is 1.21. The van der Waals surface area contributed by atoms with Gasteiger partial charge in [-0.25, -0.2) is 13.4 Å². The predicted molar refractivity (Wildman–Crippen MR) is 75.9 cm³/mol. The van der Waals surface area contributed by atoms with Crippen molar-refractivity contribution in [1.82, 2.24) is 9.97 Å². The number of nitrogens with zero attached hydrogens (tertiary/aromatic N) is 2. The highest BCUT2D eigenvalue weighted by Gasteiger charge is 2.09. The lowest BCUT2D eigenvalue weighted by Gasteiger charge is -2.08. The number of nitrogens with one attached hydrogen (secondary N) is 1. The maximum Gasteiger partial charge on any atom is 0.225 e. The van der Waals surface area contributed by atoms with Crippen LogP contribution in [0, 0.1) is 6.92 Å². The van der Waals surface area contributed by atoms with E-state index in [1.54, 1.807) is 25.2 Å². The highest BCUT2D eigenvalue weighted by molar-refractivity contribution is 7.90. The van der Waals surface area contributed by atoms with Crippen molar-refractivity contribution in [3.63, 3.8) is 0 Å². The lowest BCUT2D eigenvalue weighted by atomic mass is 10.3. The number of ether oxygens (including phenoxy) is 1. The highest BCUT2D eigenvalue weighted by atomic mass is 32.2. The van der Waals surface area contributed by atoms with Crippen molar-refractivity contribution in [1.29, 1.82) is 0 Å². The lowest BCUT2D eigenvalue weighted by molar-refractivity contribution is 0.460. The Labute approximate surface area is 117 Å². The Kier molecular flexibility index (Phi) is 3.89. The van der Waals surface area contributed by atoms with Crippen LogP contribution in [-0.4, -0.2) is 31.7 Å². The highest BCUT2D eigenvalue weighted by Crippen LogP contribution is 2.23. The van der Waals surface area contributed by atoms with E-state index in [2.05, 4.69) is 15.3 Å². The molecule has 1 heterocycles. The smallest absolute Gasteiger partial charge is 0.225 e. The molecule has 0 aliphatic rings. The molecule has 20 heavy (non-hydrogen) atoms. The van der Waals surface area contributed by atoms with E-state index in [1.165, 1.54) is 12.1 Å². The van der Waals surface area contributed by atoms with Crippen LogP contribution in [0.2, 0.25) is 0 Å². The van der Waals surface area contributed by atoms with Crippen LogP contribution in [-0.2, 0) is 9.84 Å². The molecule has 6 nitrogen and oxygen atoms in total. The number of sulfone groups is 1. The molecule has 0 aliphatic carbocycles. The Hall–Kier alpha value is -2.15. The third kappa shape index (κ3) is 3.45. The van der Waals surface area contributed by atoms with Crippen molar-refractivity contribution < 1.29 is 13.2 Å². The van der Waals surface area contributed by atoms with Gasteiger partial charge in [0.2, 0.25) is 11.8 Å². The van der Waals surface area contributed by atoms with Gasteiger partial charge in [-0.3, -0.25) is 0 Å². The van der Waals surface area contributed by atoms with Gasteiger partial charge in [0, 0.05) is 25.1 Å². The van der Waals surface area contributed by atoms with Crippen LogP contribution in [0.4, 0.5) is 5.95 Å². The quantitative estimate of drug-likeness (QED) is 0.929. The molecule has 1 N–H and O–H groups in total. The van der Waals surface area contributed by atoms with E-state index in [1.807, 2.05) is 6.92 Å². The number of aromatic nitrogens is 2. The predicted octanol–water partition coefficient (Wildman–Crippen LogP) is 2.02. The number of aryl methyl sites for hydroxylation is 1. The van der Waals surface area contributed by atoms with Crippen molar-refractivity contribution in [2.45, 2.75) is 11.8 Å². The third-order valence-electron chi connectivity index (χ3n) is 2.51. The van der Waals surface area contributed by atoms with Crippen molar-refractivity contribution in [3.05, 3.63) is 36.0 Å². The van der Waals surface area contributed by atoms with Crippen molar-refractivity contribution in [2.75, 3.05) is 18.6 Å². The second kappa shape index (κ2) is 5.46. The van der Waals surface area contributed by atoms with Gasteiger partial charge in [-0.05, 0) is 25.1 Å². The van der Waals surface area contributed by atoms with Gasteiger partial charge < -0.3 is 10.1 Å². The number of hydrogen-bond donors (Lipinski definition) is 1. The maximum atomic E-state index is 11.5. The monoisotopic (exact) mass is 293 g/mol. The summed E-state index contributed by atoms with van der Waals surface area (Å²) in [7, 11) is -1.55. The molecule has 0 atom stereocenters. The van der Waals surface area contributed by atoms with Crippen molar-refractivity contribution in [2.24, 2.45) is 0 Å². The molecule has 106 valence electrons. The van der Waals surface area contributed by atoms with Crippen LogP contribution in [0.25, 0.3) is 0 Å². The number of hydrogen-bond acceptors (Lipinski definition) is 6. The topological polar surface area (TPSA) is 81.2 Å². The second-order valence-electron chi connectivity index (χ2n) is 4.27. The molecule has 0 saturated heterocycles. The summed E-state index contributed by atoms with van der Waals surface area (Å²) in [6.07, 6.45) is 1.15. The summed E-state index contributed by atoms with van der Waals surface area (Å²) in [5, 5.41) is 2.83. The van der Waals surface area contributed by atoms with E-state index in [4.69, 9.17) is 4.74 Å². The maximum absolute atomic E-state index is 11.5. The van der Waals surface area contributed by atoms with E-state index < -0.39 is 9.84 Å². The molecule has 2 aromatic rings. The molecule has 0 spiro atoms. The van der Waals surface area contributed by atoms with E-state index in [0.29, 0.717) is 17.6 Å². The van der Waals surface area contributed by atoms with Gasteiger partial charge in [0.1, 0.15) is 5.75 Å². The Bertz CT molecular complexity index is 729. The largest absolute Gasteiger partial charge is 0.439 e. The van der Waals surface area contributed by atoms with Crippen LogP contribution in [0.3, 0.4) is 0 Å². The normalized spacial score (nSPS) is 11.2. The zero-order valence-corrected chi connectivity index (χ0v) is 12.2. The second-order valence-corrected chi connectivity index (χ2v) is 6.29. The molecule has 0 aliphatic heterocycles. The first kappa shape index (κ1) is 14.3. The van der Waals surface area contributed by atoms with Gasteiger partial charge in [-0.1, -0.05) is 6.07 Å². The van der Waals surface area contributed by atoms with Gasteiger partial charge in [0.25, 0.3) is 0 Å². The fourth-order valence-corrected chi connectivity index (χ4v) is 2.25. The van der Waals surface area contributed by atoms with Gasteiger partial charge in [-0.15, -0.1) is 0 Å². The molecule has 0 amide bonds. The molecule has 0 bridgehead atoms. The Morgan fingerprint density at radius 2 is 1.95 bits per heavy atom. The summed E-state index contributed by atoms with van der Waals surface area (Å²) >= 11 is 0. The van der Waals surface area contributed by atoms with E-state index in [-0.39, 0.29) is 4.90 Å². The summed E-state index contributed by atoms with van der Waals surface area (Å²) in [4.78, 5) is 8.50. The molecular formula is C13H15N3O3S. The van der Waals surface area contributed by atoms with E-state index >= 15 is 0 Å². The number of anilines is 1. The van der Waals surface area contributed by atoms with E-state index in [9.17, 15) is 8.42 Å².